The van der Waals surface area contributed by atoms with E-state index in [9.17, 15) is 4.39 Å². The maximum Gasteiger partial charge on any atom is 0.191 e. The fourth-order valence-corrected chi connectivity index (χ4v) is 4.43. The molecule has 0 bridgehead atoms. The third-order valence-corrected chi connectivity index (χ3v) is 6.65. The van der Waals surface area contributed by atoms with Crippen molar-refractivity contribution < 1.29 is 13.9 Å². The van der Waals surface area contributed by atoms with Crippen LogP contribution in [0.4, 0.5) is 10.1 Å². The molecule has 1 heterocycles. The van der Waals surface area contributed by atoms with E-state index in [-0.39, 0.29) is 11.2 Å². The average molecular weight is 441 g/mol. The van der Waals surface area contributed by atoms with Crippen LogP contribution in [-0.2, 0) is 5.41 Å². The lowest BCUT2D eigenvalue weighted by Crippen LogP contribution is -2.50. The maximum absolute atomic E-state index is 13.7. The van der Waals surface area contributed by atoms with Gasteiger partial charge in [-0.05, 0) is 43.4 Å². The largest absolute Gasteiger partial charge is 0.497 e. The van der Waals surface area contributed by atoms with Gasteiger partial charge in [0.1, 0.15) is 17.3 Å². The Morgan fingerprint density at radius 1 is 1.09 bits per heavy atom. The molecule has 0 aromatic heterocycles. The summed E-state index contributed by atoms with van der Waals surface area (Å²) in [6.07, 6.45) is 4.16. The number of anilines is 1. The third-order valence-electron chi connectivity index (χ3n) is 6.65. The van der Waals surface area contributed by atoms with Crippen LogP contribution in [0.3, 0.4) is 0 Å². The summed E-state index contributed by atoms with van der Waals surface area (Å²) < 4.78 is 24.5. The van der Waals surface area contributed by atoms with Crippen LogP contribution in [0.15, 0.2) is 47.5 Å². The number of methoxy groups -OCH3 is 2. The van der Waals surface area contributed by atoms with Crippen LogP contribution in [0, 0.1) is 5.82 Å². The molecular weight excluding hydrogens is 407 g/mol. The lowest BCUT2D eigenvalue weighted by molar-refractivity contribution is 0.393. The Morgan fingerprint density at radius 3 is 2.34 bits per heavy atom. The highest BCUT2D eigenvalue weighted by atomic mass is 19.1. The van der Waals surface area contributed by atoms with E-state index >= 15 is 0 Å². The summed E-state index contributed by atoms with van der Waals surface area (Å²) in [6, 6.07) is 13.3. The monoisotopic (exact) mass is 440 g/mol. The Bertz CT molecular complexity index is 930. The molecule has 4 rings (SSSR count). The van der Waals surface area contributed by atoms with Crippen molar-refractivity contribution in [3.05, 3.63) is 53.8 Å². The number of aliphatic imine (C=N–C) groups is 1. The number of halogens is 1. The number of guanidine groups is 1. The van der Waals surface area contributed by atoms with Crippen LogP contribution in [0.1, 0.15) is 31.2 Å². The number of piperidine rings is 1. The zero-order chi connectivity index (χ0) is 22.6. The van der Waals surface area contributed by atoms with Crippen LogP contribution in [-0.4, -0.2) is 52.9 Å². The predicted molar refractivity (Wildman–Crippen MR) is 127 cm³/mol. The molecule has 0 spiro atoms. The number of hydrogen-bond donors (Lipinski definition) is 2. The molecule has 1 aliphatic carbocycles. The van der Waals surface area contributed by atoms with Crippen LogP contribution in [0.25, 0.3) is 0 Å². The van der Waals surface area contributed by atoms with Crippen molar-refractivity contribution >= 4 is 11.6 Å². The summed E-state index contributed by atoms with van der Waals surface area (Å²) in [5.41, 5.74) is 2.21. The first-order chi connectivity index (χ1) is 15.5. The average Bonchev–Trinajstić information content (AvgIpc) is 3.63. The van der Waals surface area contributed by atoms with Gasteiger partial charge in [-0.25, -0.2) is 4.39 Å². The van der Waals surface area contributed by atoms with Gasteiger partial charge >= 0.3 is 0 Å². The van der Waals surface area contributed by atoms with Gasteiger partial charge in [-0.2, -0.15) is 0 Å². The molecule has 0 amide bonds. The first kappa shape index (κ1) is 22.2. The highest BCUT2D eigenvalue weighted by Gasteiger charge is 2.44. The molecule has 2 N–H and O–H groups in total. The minimum atomic E-state index is -0.170. The van der Waals surface area contributed by atoms with E-state index in [4.69, 9.17) is 9.47 Å². The number of ether oxygens (including phenoxy) is 2. The van der Waals surface area contributed by atoms with E-state index in [1.807, 2.05) is 12.1 Å². The summed E-state index contributed by atoms with van der Waals surface area (Å²) in [7, 11) is 5.15. The van der Waals surface area contributed by atoms with E-state index in [1.54, 1.807) is 33.4 Å². The molecule has 1 saturated carbocycles. The molecule has 6 nitrogen and oxygen atoms in total. The molecule has 7 heteroatoms. The highest BCUT2D eigenvalue weighted by Crippen LogP contribution is 2.47. The molecule has 2 aromatic rings. The van der Waals surface area contributed by atoms with Gasteiger partial charge < -0.3 is 25.0 Å². The summed E-state index contributed by atoms with van der Waals surface area (Å²) in [4.78, 5) is 6.78. The molecular formula is C25H33FN4O2. The molecule has 0 unspecified atom stereocenters. The first-order valence-electron chi connectivity index (χ1n) is 11.3. The fraction of sp³-hybridized carbons (Fsp3) is 0.480. The molecule has 2 aromatic carbocycles. The molecule has 172 valence electrons. The van der Waals surface area contributed by atoms with Crippen molar-refractivity contribution in [2.75, 3.05) is 45.8 Å². The van der Waals surface area contributed by atoms with Crippen molar-refractivity contribution in [2.24, 2.45) is 4.99 Å². The number of rotatable bonds is 7. The minimum Gasteiger partial charge on any atom is -0.497 e. The van der Waals surface area contributed by atoms with Crippen molar-refractivity contribution in [3.63, 3.8) is 0 Å². The van der Waals surface area contributed by atoms with Crippen LogP contribution < -0.4 is 25.0 Å². The number of hydrogen-bond acceptors (Lipinski definition) is 4. The lowest BCUT2D eigenvalue weighted by Gasteiger charge is -2.35. The quantitative estimate of drug-likeness (QED) is 0.508. The van der Waals surface area contributed by atoms with Crippen LogP contribution >= 0.6 is 0 Å². The lowest BCUT2D eigenvalue weighted by atomic mass is 9.96. The number of nitrogens with one attached hydrogen (secondary N) is 2. The number of nitrogens with zero attached hydrogens (tertiary/aromatic N) is 2. The van der Waals surface area contributed by atoms with Crippen molar-refractivity contribution in [3.8, 4) is 11.5 Å². The summed E-state index contributed by atoms with van der Waals surface area (Å²) in [5.74, 6) is 2.25. The maximum atomic E-state index is 13.7. The summed E-state index contributed by atoms with van der Waals surface area (Å²) >= 11 is 0. The van der Waals surface area contributed by atoms with Crippen molar-refractivity contribution in [1.29, 1.82) is 0 Å². The van der Waals surface area contributed by atoms with Gasteiger partial charge in [0.05, 0.1) is 14.2 Å². The second kappa shape index (κ2) is 9.67. The molecule has 0 atom stereocenters. The normalized spacial score (nSPS) is 18.2. The van der Waals surface area contributed by atoms with Gasteiger partial charge in [-0.15, -0.1) is 0 Å². The van der Waals surface area contributed by atoms with Crippen molar-refractivity contribution in [1.82, 2.24) is 10.6 Å². The van der Waals surface area contributed by atoms with E-state index < -0.39 is 0 Å². The van der Waals surface area contributed by atoms with E-state index in [0.29, 0.717) is 6.04 Å². The second-order valence-corrected chi connectivity index (χ2v) is 8.69. The standard InChI is InChI=1S/C25H33FN4O2/c1-27-24(28-17-25(9-10-25)18-5-4-6-19(26)13-18)29-20-7-11-30(12-8-20)21-14-22(31-2)16-23(15-21)32-3/h4-6,13-16,20H,7-12,17H2,1-3H3,(H2,27,28,29). The van der Waals surface area contributed by atoms with Gasteiger partial charge in [0, 0.05) is 62.0 Å². The zero-order valence-electron chi connectivity index (χ0n) is 19.2. The molecule has 1 saturated heterocycles. The predicted octanol–water partition coefficient (Wildman–Crippen LogP) is 3.71. The molecule has 2 aliphatic rings. The Kier molecular flexibility index (Phi) is 6.72. The Hall–Kier alpha value is -2.96. The van der Waals surface area contributed by atoms with Crippen LogP contribution in [0.2, 0.25) is 0 Å². The topological polar surface area (TPSA) is 58.1 Å². The van der Waals surface area contributed by atoms with Crippen molar-refractivity contribution in [2.45, 2.75) is 37.1 Å². The second-order valence-electron chi connectivity index (χ2n) is 8.69. The smallest absolute Gasteiger partial charge is 0.191 e. The Balaban J connectivity index is 1.30. The molecule has 32 heavy (non-hydrogen) atoms. The van der Waals surface area contributed by atoms with Gasteiger partial charge in [0.25, 0.3) is 0 Å². The molecule has 2 fully saturated rings. The van der Waals surface area contributed by atoms with Gasteiger partial charge in [-0.3, -0.25) is 4.99 Å². The minimum absolute atomic E-state index is 0.0223. The van der Waals surface area contributed by atoms with E-state index in [2.05, 4.69) is 32.7 Å². The number of benzene rings is 2. The van der Waals surface area contributed by atoms with Crippen LogP contribution in [0.5, 0.6) is 11.5 Å². The SMILES string of the molecule is CN=C(NCC1(c2cccc(F)c2)CC1)NC1CCN(c2cc(OC)cc(OC)c2)CC1. The van der Waals surface area contributed by atoms with Gasteiger partial charge in [0.15, 0.2) is 5.96 Å². The first-order valence-corrected chi connectivity index (χ1v) is 11.3. The third kappa shape index (κ3) is 5.09. The van der Waals surface area contributed by atoms with E-state index in [0.717, 1.165) is 74.0 Å². The van der Waals surface area contributed by atoms with E-state index in [1.165, 1.54) is 6.07 Å². The highest BCUT2D eigenvalue weighted by molar-refractivity contribution is 5.80. The van der Waals surface area contributed by atoms with Gasteiger partial charge in [0.2, 0.25) is 0 Å². The fourth-order valence-electron chi connectivity index (χ4n) is 4.43. The summed E-state index contributed by atoms with van der Waals surface area (Å²) in [5, 5.41) is 7.05. The Morgan fingerprint density at radius 2 is 1.78 bits per heavy atom. The Labute approximate surface area is 189 Å². The summed E-state index contributed by atoms with van der Waals surface area (Å²) in [6.45, 7) is 2.65. The molecule has 1 aliphatic heterocycles. The van der Waals surface area contributed by atoms with Gasteiger partial charge in [-0.1, -0.05) is 12.1 Å². The zero-order valence-corrected chi connectivity index (χ0v) is 19.2. The molecule has 0 radical (unpaired) electrons.